The van der Waals surface area contributed by atoms with Gasteiger partial charge in [0.1, 0.15) is 0 Å². The molecule has 3 atom stereocenters. The molecule has 2 aliphatic rings. The number of fused-ring (bicyclic) bond motifs is 1. The fraction of sp³-hybridized carbons (Fsp3) is 0.452. The number of nitrogens with two attached hydrogens (primary N) is 1. The van der Waals surface area contributed by atoms with Gasteiger partial charge in [0.25, 0.3) is 0 Å². The predicted octanol–water partition coefficient (Wildman–Crippen LogP) is 5.23. The highest BCUT2D eigenvalue weighted by Gasteiger charge is 2.39. The zero-order valence-corrected chi connectivity index (χ0v) is 21.7. The maximum absolute atomic E-state index is 14.2. The van der Waals surface area contributed by atoms with E-state index in [1.54, 1.807) is 7.05 Å². The number of likely N-dealkylation sites (N-methyl/N-ethyl adjacent to an activating group) is 1. The molecule has 1 saturated carbocycles. The molecular formula is C31H38N4O2. The topological polar surface area (TPSA) is 88.3 Å². The van der Waals surface area contributed by atoms with E-state index in [9.17, 15) is 9.59 Å². The van der Waals surface area contributed by atoms with Gasteiger partial charge in [0.15, 0.2) is 0 Å². The maximum atomic E-state index is 14.2. The second kappa shape index (κ2) is 11.4. The minimum absolute atomic E-state index is 0.0356. The Morgan fingerprint density at radius 2 is 1.81 bits per heavy atom. The number of aromatic nitrogens is 1. The molecule has 0 spiro atoms. The van der Waals surface area contributed by atoms with Gasteiger partial charge in [0, 0.05) is 29.6 Å². The standard InChI is InChI=1S/C31H38N4O2/c1-33-27(30(32)36)20-26(21-9-4-2-5-10-21)31(37)35-18-8-13-28(35)24-15-14-22-16-17-34-29(25(22)19-24)23-11-6-3-7-12-23/h3,6-7,11-12,14-17,19,21,26-28,33H,2,4-5,8-10,13,18,20H2,1H3,(H2,32,36). The number of primary amides is 1. The zero-order valence-electron chi connectivity index (χ0n) is 21.7. The van der Waals surface area contributed by atoms with Crippen molar-refractivity contribution in [2.24, 2.45) is 17.6 Å². The summed E-state index contributed by atoms with van der Waals surface area (Å²) in [5.41, 5.74) is 8.89. The molecule has 194 valence electrons. The fourth-order valence-corrected chi connectivity index (χ4v) is 6.47. The smallest absolute Gasteiger partial charge is 0.234 e. The monoisotopic (exact) mass is 498 g/mol. The third kappa shape index (κ3) is 5.40. The Bertz CT molecular complexity index is 1240. The van der Waals surface area contributed by atoms with Crippen LogP contribution in [0.1, 0.15) is 63.0 Å². The summed E-state index contributed by atoms with van der Waals surface area (Å²) >= 11 is 0. The van der Waals surface area contributed by atoms with Crippen LogP contribution in [0.5, 0.6) is 0 Å². The molecule has 2 fully saturated rings. The van der Waals surface area contributed by atoms with Crippen LogP contribution in [0, 0.1) is 11.8 Å². The van der Waals surface area contributed by atoms with Gasteiger partial charge >= 0.3 is 0 Å². The Morgan fingerprint density at radius 1 is 1.03 bits per heavy atom. The molecule has 37 heavy (non-hydrogen) atoms. The first-order valence-electron chi connectivity index (χ1n) is 13.8. The second-order valence-electron chi connectivity index (χ2n) is 10.7. The van der Waals surface area contributed by atoms with Gasteiger partial charge in [-0.2, -0.15) is 0 Å². The lowest BCUT2D eigenvalue weighted by Gasteiger charge is -2.36. The van der Waals surface area contributed by atoms with Crippen LogP contribution in [0.3, 0.4) is 0 Å². The lowest BCUT2D eigenvalue weighted by Crippen LogP contribution is -2.46. The summed E-state index contributed by atoms with van der Waals surface area (Å²) in [6.45, 7) is 0.754. The molecule has 6 nitrogen and oxygen atoms in total. The van der Waals surface area contributed by atoms with Gasteiger partial charge in [-0.1, -0.05) is 61.7 Å². The van der Waals surface area contributed by atoms with Gasteiger partial charge in [0.2, 0.25) is 11.8 Å². The lowest BCUT2D eigenvalue weighted by atomic mass is 9.76. The van der Waals surface area contributed by atoms with Crippen molar-refractivity contribution >= 4 is 22.6 Å². The molecule has 3 aromatic rings. The van der Waals surface area contributed by atoms with Crippen molar-refractivity contribution in [2.45, 2.75) is 63.5 Å². The Hall–Kier alpha value is -3.25. The number of benzene rings is 2. The summed E-state index contributed by atoms with van der Waals surface area (Å²) in [6.07, 6.45) is 9.88. The number of pyridine rings is 1. The zero-order chi connectivity index (χ0) is 25.8. The van der Waals surface area contributed by atoms with Crippen molar-refractivity contribution < 1.29 is 9.59 Å². The number of hydrogen-bond acceptors (Lipinski definition) is 4. The van der Waals surface area contributed by atoms with Crippen molar-refractivity contribution in [1.29, 1.82) is 0 Å². The SMILES string of the molecule is CNC(CC(C(=O)N1CCCC1c1ccc2ccnc(-c3ccccc3)c2c1)C1CCCCC1)C(N)=O. The number of nitrogens with one attached hydrogen (secondary N) is 1. The number of likely N-dealkylation sites (tertiary alicyclic amines) is 1. The maximum Gasteiger partial charge on any atom is 0.234 e. The van der Waals surface area contributed by atoms with Crippen LogP contribution in [-0.4, -0.2) is 41.3 Å². The molecule has 3 unspecified atom stereocenters. The molecule has 5 rings (SSSR count). The third-order valence-electron chi connectivity index (χ3n) is 8.48. The minimum Gasteiger partial charge on any atom is -0.368 e. The molecule has 0 radical (unpaired) electrons. The highest BCUT2D eigenvalue weighted by atomic mass is 16.2. The first kappa shape index (κ1) is 25.4. The number of carbonyl (C=O) groups is 2. The van der Waals surface area contributed by atoms with Gasteiger partial charge in [0.05, 0.1) is 17.8 Å². The number of nitrogens with zero attached hydrogens (tertiary/aromatic N) is 2. The molecule has 3 N–H and O–H groups in total. The van der Waals surface area contributed by atoms with Gasteiger partial charge < -0.3 is 16.0 Å². The van der Waals surface area contributed by atoms with E-state index in [1.807, 2.05) is 30.5 Å². The third-order valence-corrected chi connectivity index (χ3v) is 8.48. The molecule has 1 aromatic heterocycles. The summed E-state index contributed by atoms with van der Waals surface area (Å²) in [4.78, 5) is 33.1. The Labute approximate surface area is 219 Å². The normalized spacial score (nSPS) is 20.1. The molecular weight excluding hydrogens is 460 g/mol. The van der Waals surface area contributed by atoms with Crippen molar-refractivity contribution in [1.82, 2.24) is 15.2 Å². The number of amides is 2. The van der Waals surface area contributed by atoms with Crippen LogP contribution in [0.2, 0.25) is 0 Å². The highest BCUT2D eigenvalue weighted by molar-refractivity contribution is 5.95. The summed E-state index contributed by atoms with van der Waals surface area (Å²) < 4.78 is 0. The average Bonchev–Trinajstić information content (AvgIpc) is 3.44. The van der Waals surface area contributed by atoms with Gasteiger partial charge in [-0.15, -0.1) is 0 Å². The molecule has 2 amide bonds. The highest BCUT2D eigenvalue weighted by Crippen LogP contribution is 2.40. The van der Waals surface area contributed by atoms with Crippen LogP contribution < -0.4 is 11.1 Å². The van der Waals surface area contributed by atoms with E-state index in [2.05, 4.69) is 40.5 Å². The van der Waals surface area contributed by atoms with E-state index in [1.165, 1.54) is 6.42 Å². The van der Waals surface area contributed by atoms with Crippen molar-refractivity contribution in [2.75, 3.05) is 13.6 Å². The summed E-state index contributed by atoms with van der Waals surface area (Å²) in [5, 5.41) is 5.30. The van der Waals surface area contributed by atoms with Gasteiger partial charge in [-0.3, -0.25) is 14.6 Å². The number of carbonyl (C=O) groups excluding carboxylic acids is 2. The molecule has 1 aliphatic carbocycles. The van der Waals surface area contributed by atoms with E-state index in [4.69, 9.17) is 10.7 Å². The predicted molar refractivity (Wildman–Crippen MR) is 148 cm³/mol. The molecule has 2 heterocycles. The number of rotatable bonds is 8. The van der Waals surface area contributed by atoms with Crippen LogP contribution >= 0.6 is 0 Å². The van der Waals surface area contributed by atoms with E-state index < -0.39 is 6.04 Å². The number of hydrogen-bond donors (Lipinski definition) is 2. The molecule has 0 bridgehead atoms. The van der Waals surface area contributed by atoms with Gasteiger partial charge in [-0.05, 0) is 68.2 Å². The summed E-state index contributed by atoms with van der Waals surface area (Å²) in [7, 11) is 1.75. The van der Waals surface area contributed by atoms with Crippen LogP contribution in [-0.2, 0) is 9.59 Å². The van der Waals surface area contributed by atoms with Crippen molar-refractivity contribution in [3.8, 4) is 11.3 Å². The van der Waals surface area contributed by atoms with Gasteiger partial charge in [-0.25, -0.2) is 0 Å². The van der Waals surface area contributed by atoms with Crippen molar-refractivity contribution in [3.05, 3.63) is 66.4 Å². The largest absolute Gasteiger partial charge is 0.368 e. The Balaban J connectivity index is 1.47. The van der Waals surface area contributed by atoms with E-state index >= 15 is 0 Å². The quantitative estimate of drug-likeness (QED) is 0.445. The molecule has 2 aromatic carbocycles. The molecule has 6 heteroatoms. The summed E-state index contributed by atoms with van der Waals surface area (Å²) in [5.74, 6) is -0.0777. The van der Waals surface area contributed by atoms with Crippen LogP contribution in [0.15, 0.2) is 60.8 Å². The Morgan fingerprint density at radius 3 is 2.54 bits per heavy atom. The van der Waals surface area contributed by atoms with Crippen LogP contribution in [0.25, 0.3) is 22.0 Å². The average molecular weight is 499 g/mol. The first-order chi connectivity index (χ1) is 18.1. The minimum atomic E-state index is -0.489. The Kier molecular flexibility index (Phi) is 7.85. The molecule has 1 saturated heterocycles. The lowest BCUT2D eigenvalue weighted by molar-refractivity contribution is -0.139. The first-order valence-corrected chi connectivity index (χ1v) is 13.8. The molecule has 1 aliphatic heterocycles. The summed E-state index contributed by atoms with van der Waals surface area (Å²) in [6, 6.07) is 18.4. The van der Waals surface area contributed by atoms with Crippen LogP contribution in [0.4, 0.5) is 0 Å². The second-order valence-corrected chi connectivity index (χ2v) is 10.7. The van der Waals surface area contributed by atoms with Crippen molar-refractivity contribution in [3.63, 3.8) is 0 Å². The van der Waals surface area contributed by atoms with E-state index in [0.717, 1.165) is 72.7 Å². The van der Waals surface area contributed by atoms with E-state index in [-0.39, 0.29) is 23.8 Å². The fourth-order valence-electron chi connectivity index (χ4n) is 6.47. The van der Waals surface area contributed by atoms with E-state index in [0.29, 0.717) is 12.3 Å².